The van der Waals surface area contributed by atoms with E-state index >= 15 is 0 Å². The molecule has 7 nitrogen and oxygen atoms in total. The number of benzene rings is 1. The number of aldehydes is 1. The zero-order chi connectivity index (χ0) is 21.9. The van der Waals surface area contributed by atoms with Gasteiger partial charge in [0.1, 0.15) is 28.3 Å². The van der Waals surface area contributed by atoms with Crippen molar-refractivity contribution in [1.82, 2.24) is 10.6 Å². The summed E-state index contributed by atoms with van der Waals surface area (Å²) >= 11 is 0. The molecule has 2 atom stereocenters. The van der Waals surface area contributed by atoms with Gasteiger partial charge in [-0.3, -0.25) is 0 Å². The van der Waals surface area contributed by atoms with Gasteiger partial charge >= 0.3 is 6.09 Å². The fourth-order valence-corrected chi connectivity index (χ4v) is 3.52. The number of carbonyl (C=O) groups is 2. The third kappa shape index (κ3) is 10.1. The van der Waals surface area contributed by atoms with E-state index in [0.717, 1.165) is 11.8 Å². The highest BCUT2D eigenvalue weighted by Gasteiger charge is 2.33. The van der Waals surface area contributed by atoms with Gasteiger partial charge in [-0.2, -0.15) is 0 Å². The number of alkyl carbamates (subject to hydrolysis) is 1. The molecule has 0 aromatic heterocycles. The van der Waals surface area contributed by atoms with Crippen LogP contribution in [-0.4, -0.2) is 50.9 Å². The lowest BCUT2D eigenvalue weighted by molar-refractivity contribution is -0.113. The van der Waals surface area contributed by atoms with Crippen LogP contribution in [0, 0.1) is 18.3 Å². The van der Waals surface area contributed by atoms with E-state index in [4.69, 9.17) is 11.2 Å². The Kier molecular flexibility index (Phi) is 9.86. The standard InChI is InChI=1S/C21H30N2O5S/c1-5-19(11-12-29(4,26)27)22-15-21(16-24,13-17(2)3)23-20(25)28-14-18-9-7-6-8-10-18/h1,6-10,16-17,19,22H,11-15H2,2-4H3,(H,23,25)/t19-,21-/m1/s1. The lowest BCUT2D eigenvalue weighted by atomic mass is 9.89. The number of carbonyl (C=O) groups excluding carboxylic acids is 2. The number of terminal acetylenes is 1. The highest BCUT2D eigenvalue weighted by atomic mass is 32.2. The van der Waals surface area contributed by atoms with Gasteiger partial charge in [0.05, 0.1) is 11.8 Å². The van der Waals surface area contributed by atoms with Gasteiger partial charge in [-0.15, -0.1) is 6.42 Å². The molecule has 0 aliphatic heterocycles. The zero-order valence-electron chi connectivity index (χ0n) is 17.2. The highest BCUT2D eigenvalue weighted by molar-refractivity contribution is 7.90. The topological polar surface area (TPSA) is 102 Å². The fraction of sp³-hybridized carbons (Fsp3) is 0.524. The molecule has 0 saturated carbocycles. The molecule has 1 aromatic carbocycles. The first-order valence-electron chi connectivity index (χ1n) is 9.41. The molecule has 0 saturated heterocycles. The van der Waals surface area contributed by atoms with Gasteiger partial charge in [-0.25, -0.2) is 13.2 Å². The molecule has 0 aliphatic rings. The van der Waals surface area contributed by atoms with E-state index in [1.54, 1.807) is 0 Å². The van der Waals surface area contributed by atoms with Crippen LogP contribution in [0.2, 0.25) is 0 Å². The second kappa shape index (κ2) is 11.6. The van der Waals surface area contributed by atoms with E-state index in [1.807, 2.05) is 44.2 Å². The summed E-state index contributed by atoms with van der Waals surface area (Å²) in [5.41, 5.74) is -0.392. The Morgan fingerprint density at radius 3 is 2.48 bits per heavy atom. The lowest BCUT2D eigenvalue weighted by Gasteiger charge is -2.32. The van der Waals surface area contributed by atoms with Gasteiger partial charge in [0, 0.05) is 12.8 Å². The van der Waals surface area contributed by atoms with Gasteiger partial charge < -0.3 is 20.2 Å². The number of hydrogen-bond acceptors (Lipinski definition) is 6. The van der Waals surface area contributed by atoms with Gasteiger partial charge in [0.15, 0.2) is 0 Å². The molecule has 0 spiro atoms. The number of nitrogens with one attached hydrogen (secondary N) is 2. The quantitative estimate of drug-likeness (QED) is 0.394. The first-order valence-corrected chi connectivity index (χ1v) is 11.5. The Bertz CT molecular complexity index is 802. The van der Waals surface area contributed by atoms with Crippen molar-refractivity contribution >= 4 is 22.2 Å². The highest BCUT2D eigenvalue weighted by Crippen LogP contribution is 2.16. The van der Waals surface area contributed by atoms with Crippen LogP contribution >= 0.6 is 0 Å². The second-order valence-corrected chi connectivity index (χ2v) is 9.84. The molecule has 0 radical (unpaired) electrons. The molecular formula is C21H30N2O5S. The van der Waals surface area contributed by atoms with E-state index in [-0.39, 0.29) is 31.2 Å². The van der Waals surface area contributed by atoms with Crippen molar-refractivity contribution in [2.24, 2.45) is 5.92 Å². The molecule has 160 valence electrons. The SMILES string of the molecule is C#C[C@H](CCS(C)(=O)=O)NC[C@@](C=O)(CC(C)C)NC(=O)OCc1ccccc1. The Morgan fingerprint density at radius 2 is 1.97 bits per heavy atom. The van der Waals surface area contributed by atoms with E-state index in [0.29, 0.717) is 12.7 Å². The van der Waals surface area contributed by atoms with Crippen molar-refractivity contribution in [3.63, 3.8) is 0 Å². The van der Waals surface area contributed by atoms with Crippen LogP contribution in [0.4, 0.5) is 4.79 Å². The Morgan fingerprint density at radius 1 is 1.31 bits per heavy atom. The summed E-state index contributed by atoms with van der Waals surface area (Å²) in [6.45, 7) is 4.00. The van der Waals surface area contributed by atoms with Crippen LogP contribution in [0.1, 0.15) is 32.3 Å². The summed E-state index contributed by atoms with van der Waals surface area (Å²) in [4.78, 5) is 24.2. The van der Waals surface area contributed by atoms with Gasteiger partial charge in [0.25, 0.3) is 0 Å². The van der Waals surface area contributed by atoms with Gasteiger partial charge in [-0.05, 0) is 24.3 Å². The van der Waals surface area contributed by atoms with E-state index in [2.05, 4.69) is 16.6 Å². The normalized spacial score (nSPS) is 14.4. The predicted molar refractivity (Wildman–Crippen MR) is 113 cm³/mol. The summed E-state index contributed by atoms with van der Waals surface area (Å²) < 4.78 is 28.0. The summed E-state index contributed by atoms with van der Waals surface area (Å²) in [6, 6.07) is 8.65. The minimum absolute atomic E-state index is 0.0632. The average Bonchev–Trinajstić information content (AvgIpc) is 2.66. The maximum Gasteiger partial charge on any atom is 0.408 e. The van der Waals surface area contributed by atoms with Crippen LogP contribution in [0.5, 0.6) is 0 Å². The number of amides is 1. The van der Waals surface area contributed by atoms with Crippen LogP contribution in [0.15, 0.2) is 30.3 Å². The number of rotatable bonds is 12. The maximum absolute atomic E-state index is 12.3. The van der Waals surface area contributed by atoms with Crippen LogP contribution in [-0.2, 0) is 26.0 Å². The molecule has 2 N–H and O–H groups in total. The zero-order valence-corrected chi connectivity index (χ0v) is 18.0. The Hall–Kier alpha value is -2.37. The molecule has 29 heavy (non-hydrogen) atoms. The minimum atomic E-state index is -3.16. The molecular weight excluding hydrogens is 392 g/mol. The van der Waals surface area contributed by atoms with Gasteiger partial charge in [0.2, 0.25) is 0 Å². The maximum atomic E-state index is 12.3. The molecule has 0 aliphatic carbocycles. The summed E-state index contributed by atoms with van der Waals surface area (Å²) in [6.07, 6.45) is 7.16. The summed E-state index contributed by atoms with van der Waals surface area (Å²) in [5.74, 6) is 2.53. The largest absolute Gasteiger partial charge is 0.445 e. The average molecular weight is 423 g/mol. The van der Waals surface area contributed by atoms with Crippen molar-refractivity contribution in [3.05, 3.63) is 35.9 Å². The van der Waals surface area contributed by atoms with Crippen LogP contribution in [0.3, 0.4) is 0 Å². The molecule has 1 amide bonds. The second-order valence-electron chi connectivity index (χ2n) is 7.58. The van der Waals surface area contributed by atoms with E-state index in [9.17, 15) is 18.0 Å². The molecule has 0 bridgehead atoms. The predicted octanol–water partition coefficient (Wildman–Crippen LogP) is 1.92. The molecule has 0 unspecified atom stereocenters. The Balaban J connectivity index is 2.76. The summed E-state index contributed by atoms with van der Waals surface area (Å²) in [5, 5.41) is 5.67. The third-order valence-electron chi connectivity index (χ3n) is 4.20. The number of sulfone groups is 1. The third-order valence-corrected chi connectivity index (χ3v) is 5.18. The van der Waals surface area contributed by atoms with Crippen LogP contribution in [0.25, 0.3) is 0 Å². The van der Waals surface area contributed by atoms with Crippen molar-refractivity contribution in [2.75, 3.05) is 18.6 Å². The lowest BCUT2D eigenvalue weighted by Crippen LogP contribution is -2.58. The first-order chi connectivity index (χ1) is 13.6. The molecule has 1 aromatic rings. The van der Waals surface area contributed by atoms with Crippen molar-refractivity contribution in [2.45, 2.75) is 44.9 Å². The van der Waals surface area contributed by atoms with E-state index < -0.39 is 27.5 Å². The van der Waals surface area contributed by atoms with Crippen molar-refractivity contribution in [3.8, 4) is 12.3 Å². The van der Waals surface area contributed by atoms with Gasteiger partial charge in [-0.1, -0.05) is 50.1 Å². The fourth-order valence-electron chi connectivity index (χ4n) is 2.86. The molecule has 0 fully saturated rings. The van der Waals surface area contributed by atoms with Crippen LogP contribution < -0.4 is 10.6 Å². The monoisotopic (exact) mass is 422 g/mol. The minimum Gasteiger partial charge on any atom is -0.445 e. The molecule has 1 rings (SSSR count). The Labute approximate surface area is 173 Å². The van der Waals surface area contributed by atoms with Crippen molar-refractivity contribution in [1.29, 1.82) is 0 Å². The smallest absolute Gasteiger partial charge is 0.408 e. The number of ether oxygens (including phenoxy) is 1. The molecule has 8 heteroatoms. The van der Waals surface area contributed by atoms with E-state index in [1.165, 1.54) is 0 Å². The van der Waals surface area contributed by atoms with Crippen molar-refractivity contribution < 1.29 is 22.7 Å². The summed E-state index contributed by atoms with van der Waals surface area (Å²) in [7, 11) is -3.16. The number of hydrogen-bond donors (Lipinski definition) is 2. The first kappa shape index (κ1) is 24.7. The molecule has 0 heterocycles.